The van der Waals surface area contributed by atoms with Gasteiger partial charge in [-0.1, -0.05) is 0 Å². The Morgan fingerprint density at radius 1 is 1.29 bits per heavy atom. The maximum atomic E-state index is 12.3. The van der Waals surface area contributed by atoms with Gasteiger partial charge < -0.3 is 10.2 Å². The van der Waals surface area contributed by atoms with Crippen molar-refractivity contribution in [1.29, 1.82) is 0 Å². The molecule has 2 amide bonds. The van der Waals surface area contributed by atoms with Gasteiger partial charge in [0.15, 0.2) is 0 Å². The smallest absolute Gasteiger partial charge is 0.245 e. The predicted molar refractivity (Wildman–Crippen MR) is 76.4 cm³/mol. The summed E-state index contributed by atoms with van der Waals surface area (Å²) in [4.78, 5) is 27.7. The summed E-state index contributed by atoms with van der Waals surface area (Å²) in [7, 11) is 0. The first-order chi connectivity index (χ1) is 10.2. The Hall–Kier alpha value is -1.89. The molecule has 114 valence electrons. The zero-order valence-electron chi connectivity index (χ0n) is 12.1. The van der Waals surface area contributed by atoms with Crippen LogP contribution in [-0.2, 0) is 16.1 Å². The molecule has 0 aromatic carbocycles. The SMILES string of the molecule is O=C1CCC(C(=O)N2CCN(CCn3cccn3)CC2)N1. The molecule has 21 heavy (non-hydrogen) atoms. The minimum absolute atomic E-state index is 0.00814. The van der Waals surface area contributed by atoms with Crippen LogP contribution in [0.5, 0.6) is 0 Å². The van der Waals surface area contributed by atoms with Crippen molar-refractivity contribution in [3.8, 4) is 0 Å². The highest BCUT2D eigenvalue weighted by molar-refractivity contribution is 5.90. The van der Waals surface area contributed by atoms with E-state index >= 15 is 0 Å². The van der Waals surface area contributed by atoms with E-state index in [2.05, 4.69) is 15.3 Å². The molecular formula is C14H21N5O2. The Morgan fingerprint density at radius 3 is 2.71 bits per heavy atom. The van der Waals surface area contributed by atoms with Gasteiger partial charge in [0.25, 0.3) is 0 Å². The summed E-state index contributed by atoms with van der Waals surface area (Å²) in [5, 5.41) is 6.94. The van der Waals surface area contributed by atoms with E-state index in [1.807, 2.05) is 21.8 Å². The molecule has 1 unspecified atom stereocenters. The van der Waals surface area contributed by atoms with Crippen molar-refractivity contribution in [2.24, 2.45) is 0 Å². The van der Waals surface area contributed by atoms with E-state index in [0.29, 0.717) is 12.8 Å². The van der Waals surface area contributed by atoms with Crippen molar-refractivity contribution in [2.75, 3.05) is 32.7 Å². The van der Waals surface area contributed by atoms with E-state index in [4.69, 9.17) is 0 Å². The van der Waals surface area contributed by atoms with Gasteiger partial charge >= 0.3 is 0 Å². The lowest BCUT2D eigenvalue weighted by molar-refractivity contribution is -0.136. The lowest BCUT2D eigenvalue weighted by Gasteiger charge is -2.35. The van der Waals surface area contributed by atoms with Crippen molar-refractivity contribution in [1.82, 2.24) is 24.9 Å². The number of rotatable bonds is 4. The van der Waals surface area contributed by atoms with Crippen molar-refractivity contribution in [2.45, 2.75) is 25.4 Å². The molecule has 1 atom stereocenters. The van der Waals surface area contributed by atoms with Crippen LogP contribution < -0.4 is 5.32 Å². The van der Waals surface area contributed by atoms with Crippen molar-refractivity contribution in [3.63, 3.8) is 0 Å². The standard InChI is InChI=1S/C14H21N5O2/c20-13-3-2-12(16-13)14(21)18-9-6-17(7-10-18)8-11-19-5-1-4-15-19/h1,4-5,12H,2-3,6-11H2,(H,16,20). The first-order valence-electron chi connectivity index (χ1n) is 7.50. The van der Waals surface area contributed by atoms with Crippen LogP contribution in [0.1, 0.15) is 12.8 Å². The van der Waals surface area contributed by atoms with Crippen LogP contribution in [0.15, 0.2) is 18.5 Å². The molecule has 2 aliphatic heterocycles. The van der Waals surface area contributed by atoms with Gasteiger partial charge in [-0.05, 0) is 12.5 Å². The molecule has 3 rings (SSSR count). The molecular weight excluding hydrogens is 270 g/mol. The maximum absolute atomic E-state index is 12.3. The molecule has 2 aliphatic rings. The molecule has 0 radical (unpaired) electrons. The number of hydrogen-bond acceptors (Lipinski definition) is 4. The van der Waals surface area contributed by atoms with E-state index in [1.165, 1.54) is 0 Å². The van der Waals surface area contributed by atoms with E-state index < -0.39 is 0 Å². The average Bonchev–Trinajstić information content (AvgIpc) is 3.16. The van der Waals surface area contributed by atoms with E-state index in [0.717, 1.165) is 39.3 Å². The van der Waals surface area contributed by atoms with Crippen LogP contribution in [0.3, 0.4) is 0 Å². The van der Waals surface area contributed by atoms with E-state index in [-0.39, 0.29) is 17.9 Å². The Bertz CT molecular complexity index is 493. The first kappa shape index (κ1) is 14.1. The zero-order chi connectivity index (χ0) is 14.7. The van der Waals surface area contributed by atoms with Gasteiger partial charge in [0.1, 0.15) is 6.04 Å². The maximum Gasteiger partial charge on any atom is 0.245 e. The number of carbonyl (C=O) groups is 2. The Morgan fingerprint density at radius 2 is 2.10 bits per heavy atom. The molecule has 3 heterocycles. The molecule has 0 aliphatic carbocycles. The lowest BCUT2D eigenvalue weighted by atomic mass is 10.2. The molecule has 0 saturated carbocycles. The van der Waals surface area contributed by atoms with Gasteiger partial charge in [0.05, 0.1) is 6.54 Å². The van der Waals surface area contributed by atoms with Crippen LogP contribution in [0, 0.1) is 0 Å². The number of carbonyl (C=O) groups excluding carboxylic acids is 2. The second-order valence-electron chi connectivity index (χ2n) is 5.59. The Labute approximate surface area is 123 Å². The highest BCUT2D eigenvalue weighted by Gasteiger charge is 2.32. The molecule has 7 heteroatoms. The van der Waals surface area contributed by atoms with Crippen molar-refractivity contribution < 1.29 is 9.59 Å². The van der Waals surface area contributed by atoms with Gasteiger partial charge in [-0.3, -0.25) is 19.2 Å². The van der Waals surface area contributed by atoms with Crippen molar-refractivity contribution >= 4 is 11.8 Å². The molecule has 7 nitrogen and oxygen atoms in total. The van der Waals surface area contributed by atoms with Crippen LogP contribution in [0.2, 0.25) is 0 Å². The Balaban J connectivity index is 1.42. The molecule has 1 aromatic heterocycles. The third-order valence-corrected chi connectivity index (χ3v) is 4.18. The minimum atomic E-state index is -0.298. The summed E-state index contributed by atoms with van der Waals surface area (Å²) < 4.78 is 1.92. The summed E-state index contributed by atoms with van der Waals surface area (Å²) in [5.74, 6) is 0.0683. The fraction of sp³-hybridized carbons (Fsp3) is 0.643. The van der Waals surface area contributed by atoms with Crippen LogP contribution in [0.25, 0.3) is 0 Å². The summed E-state index contributed by atoms with van der Waals surface area (Å²) in [6.45, 7) is 5.07. The normalized spacial score (nSPS) is 23.3. The summed E-state index contributed by atoms with van der Waals surface area (Å²) in [5.41, 5.74) is 0. The van der Waals surface area contributed by atoms with Crippen LogP contribution in [-0.4, -0.2) is 70.2 Å². The second-order valence-corrected chi connectivity index (χ2v) is 5.59. The Kier molecular flexibility index (Phi) is 4.19. The molecule has 1 aromatic rings. The number of amides is 2. The average molecular weight is 291 g/mol. The topological polar surface area (TPSA) is 70.5 Å². The lowest BCUT2D eigenvalue weighted by Crippen LogP contribution is -2.53. The minimum Gasteiger partial charge on any atom is -0.344 e. The second kappa shape index (κ2) is 6.26. The number of nitrogens with one attached hydrogen (secondary N) is 1. The molecule has 2 saturated heterocycles. The molecule has 1 N–H and O–H groups in total. The number of hydrogen-bond donors (Lipinski definition) is 1. The first-order valence-corrected chi connectivity index (χ1v) is 7.50. The molecule has 2 fully saturated rings. The van der Waals surface area contributed by atoms with E-state index in [9.17, 15) is 9.59 Å². The van der Waals surface area contributed by atoms with Gasteiger partial charge in [0, 0.05) is 51.5 Å². The third-order valence-electron chi connectivity index (χ3n) is 4.18. The van der Waals surface area contributed by atoms with Gasteiger partial charge in [-0.2, -0.15) is 5.10 Å². The van der Waals surface area contributed by atoms with Crippen molar-refractivity contribution in [3.05, 3.63) is 18.5 Å². The highest BCUT2D eigenvalue weighted by atomic mass is 16.2. The zero-order valence-corrected chi connectivity index (χ0v) is 12.1. The largest absolute Gasteiger partial charge is 0.344 e. The summed E-state index contributed by atoms with van der Waals surface area (Å²) >= 11 is 0. The summed E-state index contributed by atoms with van der Waals surface area (Å²) in [6.07, 6.45) is 4.85. The number of nitrogens with zero attached hydrogens (tertiary/aromatic N) is 4. The van der Waals surface area contributed by atoms with Gasteiger partial charge in [0.2, 0.25) is 11.8 Å². The third kappa shape index (κ3) is 3.41. The molecule has 0 bridgehead atoms. The van der Waals surface area contributed by atoms with Gasteiger partial charge in [-0.15, -0.1) is 0 Å². The summed E-state index contributed by atoms with van der Waals surface area (Å²) in [6, 6.07) is 1.63. The predicted octanol–water partition coefficient (Wildman–Crippen LogP) is -0.694. The highest BCUT2D eigenvalue weighted by Crippen LogP contribution is 2.12. The monoisotopic (exact) mass is 291 g/mol. The van der Waals surface area contributed by atoms with Crippen LogP contribution in [0.4, 0.5) is 0 Å². The van der Waals surface area contributed by atoms with Crippen LogP contribution >= 0.6 is 0 Å². The van der Waals surface area contributed by atoms with E-state index in [1.54, 1.807) is 6.20 Å². The molecule has 0 spiro atoms. The fourth-order valence-corrected chi connectivity index (χ4v) is 2.89. The quantitative estimate of drug-likeness (QED) is 0.797. The number of aromatic nitrogens is 2. The fourth-order valence-electron chi connectivity index (χ4n) is 2.89. The number of piperazine rings is 1. The van der Waals surface area contributed by atoms with Gasteiger partial charge in [-0.25, -0.2) is 0 Å².